The number of amides is 1. The molecule has 3 rings (SSSR count). The van der Waals surface area contributed by atoms with E-state index in [1.54, 1.807) is 29.2 Å². The van der Waals surface area contributed by atoms with E-state index in [2.05, 4.69) is 5.32 Å². The van der Waals surface area contributed by atoms with Gasteiger partial charge in [0.2, 0.25) is 0 Å². The highest BCUT2D eigenvalue weighted by Crippen LogP contribution is 2.25. The molecule has 2 aliphatic heterocycles. The average Bonchev–Trinajstić information content (AvgIpc) is 3.06. The van der Waals surface area contributed by atoms with Gasteiger partial charge in [-0.1, -0.05) is 29.3 Å². The molecule has 116 valence electrons. The Balaban J connectivity index is 1.79. The molecule has 22 heavy (non-hydrogen) atoms. The van der Waals surface area contributed by atoms with Gasteiger partial charge in [0.05, 0.1) is 12.6 Å². The molecule has 0 radical (unpaired) electrons. The zero-order valence-corrected chi connectivity index (χ0v) is 14.0. The Kier molecular flexibility index (Phi) is 4.68. The minimum atomic E-state index is -0.161. The first kappa shape index (κ1) is 15.7. The number of thiocarbonyl (C=S) groups is 1. The fourth-order valence-corrected chi connectivity index (χ4v) is 3.23. The van der Waals surface area contributed by atoms with Gasteiger partial charge in [-0.3, -0.25) is 9.69 Å². The van der Waals surface area contributed by atoms with Crippen molar-refractivity contribution in [3.8, 4) is 0 Å². The lowest BCUT2D eigenvalue weighted by atomic mass is 10.2. The van der Waals surface area contributed by atoms with Gasteiger partial charge < -0.3 is 10.1 Å². The number of nitrogens with one attached hydrogen (secondary N) is 1. The van der Waals surface area contributed by atoms with Crippen LogP contribution in [0.5, 0.6) is 0 Å². The highest BCUT2D eigenvalue weighted by atomic mass is 35.5. The van der Waals surface area contributed by atoms with Gasteiger partial charge in [-0.25, -0.2) is 0 Å². The van der Waals surface area contributed by atoms with Crippen LogP contribution in [0.3, 0.4) is 0 Å². The van der Waals surface area contributed by atoms with Crippen LogP contribution in [0.4, 0.5) is 0 Å². The third-order valence-electron chi connectivity index (χ3n) is 3.63. The molecule has 2 aliphatic rings. The number of benzene rings is 1. The molecule has 2 heterocycles. The van der Waals surface area contributed by atoms with Crippen LogP contribution >= 0.6 is 35.4 Å². The predicted molar refractivity (Wildman–Crippen MR) is 90.9 cm³/mol. The summed E-state index contributed by atoms with van der Waals surface area (Å²) in [7, 11) is 0. The molecule has 1 N–H and O–H groups in total. The summed E-state index contributed by atoms with van der Waals surface area (Å²) >= 11 is 17.2. The maximum absolute atomic E-state index is 12.5. The van der Waals surface area contributed by atoms with E-state index < -0.39 is 0 Å². The zero-order chi connectivity index (χ0) is 15.7. The maximum atomic E-state index is 12.5. The highest BCUT2D eigenvalue weighted by molar-refractivity contribution is 7.80. The highest BCUT2D eigenvalue weighted by Gasteiger charge is 2.33. The van der Waals surface area contributed by atoms with Gasteiger partial charge in [0, 0.05) is 16.7 Å². The van der Waals surface area contributed by atoms with E-state index in [1.165, 1.54) is 0 Å². The molecule has 4 nitrogen and oxygen atoms in total. The van der Waals surface area contributed by atoms with Crippen LogP contribution in [-0.4, -0.2) is 35.2 Å². The van der Waals surface area contributed by atoms with Crippen molar-refractivity contribution in [2.75, 3.05) is 13.2 Å². The van der Waals surface area contributed by atoms with Gasteiger partial charge >= 0.3 is 0 Å². The predicted octanol–water partition coefficient (Wildman–Crippen LogP) is 3.23. The largest absolute Gasteiger partial charge is 0.376 e. The first-order chi connectivity index (χ1) is 10.5. The lowest BCUT2D eigenvalue weighted by Crippen LogP contribution is -2.37. The molecule has 0 aliphatic carbocycles. The standard InChI is InChI=1S/C15H14Cl2N2O2S/c16-10-4-3-9(12(17)7-10)6-13-14(20)19(15(22)18-13)8-11-2-1-5-21-11/h3-4,6-7,11H,1-2,5,8H2,(H,18,22)/b13-6+. The number of nitrogens with zero attached hydrogens (tertiary/aromatic N) is 1. The quantitative estimate of drug-likeness (QED) is 0.666. The number of hydrogen-bond donors (Lipinski definition) is 1. The molecule has 0 saturated carbocycles. The Morgan fingerprint density at radius 3 is 2.95 bits per heavy atom. The van der Waals surface area contributed by atoms with Gasteiger partial charge in [0.25, 0.3) is 5.91 Å². The summed E-state index contributed by atoms with van der Waals surface area (Å²) in [4.78, 5) is 14.0. The zero-order valence-electron chi connectivity index (χ0n) is 11.6. The van der Waals surface area contributed by atoms with Crippen molar-refractivity contribution < 1.29 is 9.53 Å². The van der Waals surface area contributed by atoms with Crippen molar-refractivity contribution in [3.05, 3.63) is 39.5 Å². The number of carbonyl (C=O) groups is 1. The molecule has 1 amide bonds. The van der Waals surface area contributed by atoms with Crippen molar-refractivity contribution >= 4 is 52.5 Å². The van der Waals surface area contributed by atoms with E-state index in [1.807, 2.05) is 0 Å². The summed E-state index contributed by atoms with van der Waals surface area (Å²) in [6.45, 7) is 1.23. The summed E-state index contributed by atoms with van der Waals surface area (Å²) in [6.07, 6.45) is 3.72. The molecule has 0 spiro atoms. The number of ether oxygens (including phenoxy) is 1. The first-order valence-electron chi connectivity index (χ1n) is 6.96. The number of halogens is 2. The molecule has 1 aromatic carbocycles. The van der Waals surface area contributed by atoms with Crippen molar-refractivity contribution in [1.29, 1.82) is 0 Å². The second kappa shape index (κ2) is 6.54. The Morgan fingerprint density at radius 1 is 1.45 bits per heavy atom. The van der Waals surface area contributed by atoms with E-state index in [0.717, 1.165) is 19.4 Å². The van der Waals surface area contributed by atoms with Crippen molar-refractivity contribution in [2.24, 2.45) is 0 Å². The summed E-state index contributed by atoms with van der Waals surface area (Å²) in [5, 5.41) is 4.37. The smallest absolute Gasteiger partial charge is 0.276 e. The second-order valence-corrected chi connectivity index (χ2v) is 6.44. The monoisotopic (exact) mass is 356 g/mol. The van der Waals surface area contributed by atoms with Crippen LogP contribution < -0.4 is 5.32 Å². The average molecular weight is 357 g/mol. The lowest BCUT2D eigenvalue weighted by molar-refractivity contribution is -0.123. The summed E-state index contributed by atoms with van der Waals surface area (Å²) in [6, 6.07) is 5.12. The molecular weight excluding hydrogens is 343 g/mol. The fraction of sp³-hybridized carbons (Fsp3) is 0.333. The fourth-order valence-electron chi connectivity index (χ4n) is 2.50. The van der Waals surface area contributed by atoms with Crippen LogP contribution in [0.25, 0.3) is 6.08 Å². The lowest BCUT2D eigenvalue weighted by Gasteiger charge is -2.18. The molecule has 1 atom stereocenters. The van der Waals surface area contributed by atoms with Gasteiger partial charge in [-0.15, -0.1) is 0 Å². The number of hydrogen-bond acceptors (Lipinski definition) is 3. The van der Waals surface area contributed by atoms with Gasteiger partial charge in [-0.05, 0) is 48.8 Å². The minimum Gasteiger partial charge on any atom is -0.376 e. The van der Waals surface area contributed by atoms with E-state index in [0.29, 0.717) is 33.0 Å². The Labute approximate surface area is 144 Å². The summed E-state index contributed by atoms with van der Waals surface area (Å²) in [5.74, 6) is -0.161. The minimum absolute atomic E-state index is 0.0576. The van der Waals surface area contributed by atoms with Crippen LogP contribution in [0.1, 0.15) is 18.4 Å². The molecule has 2 fully saturated rings. The molecule has 7 heteroatoms. The van der Waals surface area contributed by atoms with E-state index >= 15 is 0 Å². The van der Waals surface area contributed by atoms with Crippen LogP contribution in [0, 0.1) is 0 Å². The van der Waals surface area contributed by atoms with E-state index in [4.69, 9.17) is 40.2 Å². The Bertz CT molecular complexity index is 657. The third-order valence-corrected chi connectivity index (χ3v) is 4.52. The molecule has 1 unspecified atom stereocenters. The Hall–Kier alpha value is -1.14. The van der Waals surface area contributed by atoms with Crippen molar-refractivity contribution in [1.82, 2.24) is 10.2 Å². The van der Waals surface area contributed by atoms with Crippen LogP contribution in [-0.2, 0) is 9.53 Å². The van der Waals surface area contributed by atoms with Gasteiger partial charge in [0.1, 0.15) is 5.70 Å². The Morgan fingerprint density at radius 2 is 2.27 bits per heavy atom. The third kappa shape index (κ3) is 3.27. The molecular formula is C15H14Cl2N2O2S. The molecule has 1 aromatic rings. The summed E-state index contributed by atoms with van der Waals surface area (Å²) in [5.41, 5.74) is 1.12. The van der Waals surface area contributed by atoms with Gasteiger partial charge in [0.15, 0.2) is 5.11 Å². The summed E-state index contributed by atoms with van der Waals surface area (Å²) < 4.78 is 5.56. The van der Waals surface area contributed by atoms with Crippen molar-refractivity contribution in [3.63, 3.8) is 0 Å². The van der Waals surface area contributed by atoms with Crippen LogP contribution in [0.15, 0.2) is 23.9 Å². The van der Waals surface area contributed by atoms with E-state index in [9.17, 15) is 4.79 Å². The van der Waals surface area contributed by atoms with E-state index in [-0.39, 0.29) is 12.0 Å². The van der Waals surface area contributed by atoms with Gasteiger partial charge in [-0.2, -0.15) is 0 Å². The number of carbonyl (C=O) groups excluding carboxylic acids is 1. The second-order valence-electron chi connectivity index (χ2n) is 5.20. The maximum Gasteiger partial charge on any atom is 0.276 e. The topological polar surface area (TPSA) is 41.6 Å². The molecule has 0 bridgehead atoms. The first-order valence-corrected chi connectivity index (χ1v) is 8.12. The SMILES string of the molecule is O=C1/C(=C\c2ccc(Cl)cc2Cl)NC(=S)N1CC1CCCO1. The molecule has 0 aromatic heterocycles. The normalized spacial score (nSPS) is 23.5. The number of rotatable bonds is 3. The van der Waals surface area contributed by atoms with Crippen LogP contribution in [0.2, 0.25) is 10.0 Å². The van der Waals surface area contributed by atoms with Crippen molar-refractivity contribution in [2.45, 2.75) is 18.9 Å². The molecule has 2 saturated heterocycles.